The standard InChI is InChI=1S/C23H31N3O2.2C2H6/c1-17-15-20(22(28-2)16-21(17)24)23(27)25-19-10-13-26(14-11-19)12-6-9-18-7-4-3-5-8-18;2*1-2/h3-5,7-8,15-16,19H,6,9-14,24H2,1-2H3,(H,25,27);2*1-2H3. The van der Waals surface area contributed by atoms with Crippen LogP contribution in [0, 0.1) is 6.92 Å². The molecule has 1 aliphatic heterocycles. The molecule has 0 saturated carbocycles. The average Bonchev–Trinajstić information content (AvgIpc) is 2.85. The number of nitrogens with two attached hydrogens (primary N) is 1. The number of aryl methyl sites for hydroxylation is 2. The van der Waals surface area contributed by atoms with Crippen LogP contribution < -0.4 is 15.8 Å². The van der Waals surface area contributed by atoms with Crippen LogP contribution in [-0.2, 0) is 6.42 Å². The quantitative estimate of drug-likeness (QED) is 0.560. The highest BCUT2D eigenvalue weighted by atomic mass is 16.5. The van der Waals surface area contributed by atoms with Crippen LogP contribution in [0.3, 0.4) is 0 Å². The van der Waals surface area contributed by atoms with E-state index in [2.05, 4.69) is 40.5 Å². The first-order valence-corrected chi connectivity index (χ1v) is 12.1. The summed E-state index contributed by atoms with van der Waals surface area (Å²) in [7, 11) is 1.56. The summed E-state index contributed by atoms with van der Waals surface area (Å²) < 4.78 is 5.34. The molecule has 1 aliphatic rings. The number of ether oxygens (including phenoxy) is 1. The number of nitrogens with zero attached hydrogens (tertiary/aromatic N) is 1. The predicted octanol–water partition coefficient (Wildman–Crippen LogP) is 5.47. The van der Waals surface area contributed by atoms with Crippen LogP contribution in [0.5, 0.6) is 5.75 Å². The summed E-state index contributed by atoms with van der Waals surface area (Å²) in [4.78, 5) is 15.2. The molecule has 5 heteroatoms. The molecule has 3 rings (SSSR count). The van der Waals surface area contributed by atoms with Gasteiger partial charge in [0.25, 0.3) is 5.91 Å². The summed E-state index contributed by atoms with van der Waals surface area (Å²) in [5.74, 6) is 0.446. The second kappa shape index (κ2) is 15.3. The van der Waals surface area contributed by atoms with E-state index in [4.69, 9.17) is 10.5 Å². The van der Waals surface area contributed by atoms with Crippen molar-refractivity contribution in [3.63, 3.8) is 0 Å². The zero-order valence-electron chi connectivity index (χ0n) is 20.9. The van der Waals surface area contributed by atoms with Crippen molar-refractivity contribution < 1.29 is 9.53 Å². The number of rotatable bonds is 7. The number of carbonyl (C=O) groups excluding carboxylic acids is 1. The summed E-state index contributed by atoms with van der Waals surface area (Å²) in [6.45, 7) is 13.1. The lowest BCUT2D eigenvalue weighted by Gasteiger charge is -2.32. The zero-order chi connectivity index (χ0) is 23.9. The van der Waals surface area contributed by atoms with E-state index in [0.29, 0.717) is 17.0 Å². The van der Waals surface area contributed by atoms with E-state index in [1.807, 2.05) is 40.7 Å². The molecule has 0 bridgehead atoms. The Labute approximate surface area is 195 Å². The smallest absolute Gasteiger partial charge is 0.255 e. The molecule has 0 spiro atoms. The molecule has 0 atom stereocenters. The Kier molecular flexibility index (Phi) is 13.2. The highest BCUT2D eigenvalue weighted by molar-refractivity contribution is 5.98. The van der Waals surface area contributed by atoms with Crippen LogP contribution in [0.25, 0.3) is 0 Å². The number of nitrogens with one attached hydrogen (secondary N) is 1. The number of benzene rings is 2. The normalized spacial score (nSPS) is 13.8. The molecule has 0 radical (unpaired) electrons. The van der Waals surface area contributed by atoms with Crippen LogP contribution in [0.4, 0.5) is 5.69 Å². The van der Waals surface area contributed by atoms with E-state index in [9.17, 15) is 4.79 Å². The SMILES string of the molecule is CC.CC.COc1cc(N)c(C)cc1C(=O)NC1CCN(CCCc2ccccc2)CC1. The molecule has 1 heterocycles. The second-order valence-electron chi connectivity index (χ2n) is 7.59. The Bertz CT molecular complexity index is 785. The summed E-state index contributed by atoms with van der Waals surface area (Å²) in [6, 6.07) is 14.4. The molecule has 178 valence electrons. The number of nitrogen functional groups attached to an aromatic ring is 1. The van der Waals surface area contributed by atoms with Crippen molar-refractivity contribution in [2.75, 3.05) is 32.5 Å². The lowest BCUT2D eigenvalue weighted by atomic mass is 10.0. The maximum absolute atomic E-state index is 12.7. The number of amides is 1. The Hall–Kier alpha value is -2.53. The second-order valence-corrected chi connectivity index (χ2v) is 7.59. The Morgan fingerprint density at radius 2 is 1.72 bits per heavy atom. The molecular weight excluding hydrogens is 398 g/mol. The van der Waals surface area contributed by atoms with Gasteiger partial charge in [0.2, 0.25) is 0 Å². The van der Waals surface area contributed by atoms with Gasteiger partial charge in [-0.25, -0.2) is 0 Å². The summed E-state index contributed by atoms with van der Waals surface area (Å²) in [5, 5.41) is 3.17. The number of carbonyl (C=O) groups is 1. The Balaban J connectivity index is 0.00000121. The Morgan fingerprint density at radius 3 is 2.31 bits per heavy atom. The van der Waals surface area contributed by atoms with E-state index >= 15 is 0 Å². The van der Waals surface area contributed by atoms with Crippen molar-refractivity contribution in [2.24, 2.45) is 0 Å². The fraction of sp³-hybridized carbons (Fsp3) is 0.519. The van der Waals surface area contributed by atoms with Gasteiger partial charge in [0.15, 0.2) is 0 Å². The van der Waals surface area contributed by atoms with Gasteiger partial charge in [-0.15, -0.1) is 0 Å². The highest BCUT2D eigenvalue weighted by Gasteiger charge is 2.22. The molecule has 1 fully saturated rings. The van der Waals surface area contributed by atoms with Crippen molar-refractivity contribution in [2.45, 2.75) is 66.3 Å². The third-order valence-corrected chi connectivity index (χ3v) is 5.54. The molecular formula is C27H43N3O2. The highest BCUT2D eigenvalue weighted by Crippen LogP contribution is 2.25. The average molecular weight is 442 g/mol. The maximum Gasteiger partial charge on any atom is 0.255 e. The van der Waals surface area contributed by atoms with Crippen LogP contribution >= 0.6 is 0 Å². The van der Waals surface area contributed by atoms with Crippen LogP contribution in [0.15, 0.2) is 42.5 Å². The molecule has 0 aliphatic carbocycles. The van der Waals surface area contributed by atoms with Crippen molar-refractivity contribution in [1.29, 1.82) is 0 Å². The molecule has 0 unspecified atom stereocenters. The number of methoxy groups -OCH3 is 1. The molecule has 5 nitrogen and oxygen atoms in total. The van der Waals surface area contributed by atoms with E-state index in [0.717, 1.165) is 44.5 Å². The first-order valence-electron chi connectivity index (χ1n) is 12.1. The number of hydrogen-bond donors (Lipinski definition) is 2. The van der Waals surface area contributed by atoms with E-state index in [-0.39, 0.29) is 11.9 Å². The summed E-state index contributed by atoms with van der Waals surface area (Å²) >= 11 is 0. The van der Waals surface area contributed by atoms with Crippen LogP contribution in [0.1, 0.15) is 68.4 Å². The topological polar surface area (TPSA) is 67.6 Å². The van der Waals surface area contributed by atoms with Gasteiger partial charge in [-0.2, -0.15) is 0 Å². The third-order valence-electron chi connectivity index (χ3n) is 5.54. The van der Waals surface area contributed by atoms with E-state index in [1.54, 1.807) is 13.2 Å². The van der Waals surface area contributed by atoms with E-state index < -0.39 is 0 Å². The maximum atomic E-state index is 12.7. The van der Waals surface area contributed by atoms with Gasteiger partial charge in [-0.1, -0.05) is 58.0 Å². The van der Waals surface area contributed by atoms with Gasteiger partial charge in [0.1, 0.15) is 5.75 Å². The van der Waals surface area contributed by atoms with Crippen LogP contribution in [-0.4, -0.2) is 43.6 Å². The van der Waals surface area contributed by atoms with Crippen molar-refractivity contribution in [1.82, 2.24) is 10.2 Å². The first kappa shape index (κ1) is 27.5. The van der Waals surface area contributed by atoms with Crippen molar-refractivity contribution in [3.8, 4) is 5.75 Å². The molecule has 32 heavy (non-hydrogen) atoms. The lowest BCUT2D eigenvalue weighted by molar-refractivity contribution is 0.0907. The minimum Gasteiger partial charge on any atom is -0.496 e. The number of anilines is 1. The molecule has 2 aromatic carbocycles. The zero-order valence-corrected chi connectivity index (χ0v) is 20.9. The van der Waals surface area contributed by atoms with Crippen molar-refractivity contribution >= 4 is 11.6 Å². The lowest BCUT2D eigenvalue weighted by Crippen LogP contribution is -2.45. The van der Waals surface area contributed by atoms with Gasteiger partial charge >= 0.3 is 0 Å². The monoisotopic (exact) mass is 441 g/mol. The van der Waals surface area contributed by atoms with Gasteiger partial charge < -0.3 is 20.7 Å². The largest absolute Gasteiger partial charge is 0.496 e. The van der Waals surface area contributed by atoms with Gasteiger partial charge in [-0.05, 0) is 56.3 Å². The Morgan fingerprint density at radius 1 is 1.09 bits per heavy atom. The van der Waals surface area contributed by atoms with Gasteiger partial charge in [0, 0.05) is 30.9 Å². The van der Waals surface area contributed by atoms with Gasteiger partial charge in [0.05, 0.1) is 12.7 Å². The first-order chi connectivity index (χ1) is 15.6. The minimum absolute atomic E-state index is 0.0810. The predicted molar refractivity (Wildman–Crippen MR) is 137 cm³/mol. The number of piperidine rings is 1. The molecule has 1 saturated heterocycles. The summed E-state index contributed by atoms with van der Waals surface area (Å²) in [5.41, 5.74) is 9.40. The fourth-order valence-corrected chi connectivity index (χ4v) is 3.77. The molecule has 1 amide bonds. The minimum atomic E-state index is -0.0810. The van der Waals surface area contributed by atoms with Crippen molar-refractivity contribution in [3.05, 3.63) is 59.2 Å². The van der Waals surface area contributed by atoms with E-state index in [1.165, 1.54) is 12.0 Å². The molecule has 0 aromatic heterocycles. The number of likely N-dealkylation sites (tertiary alicyclic amines) is 1. The fourth-order valence-electron chi connectivity index (χ4n) is 3.77. The number of hydrogen-bond acceptors (Lipinski definition) is 4. The van der Waals surface area contributed by atoms with Gasteiger partial charge in [-0.3, -0.25) is 4.79 Å². The third kappa shape index (κ3) is 8.54. The summed E-state index contributed by atoms with van der Waals surface area (Å²) in [6.07, 6.45) is 4.25. The van der Waals surface area contributed by atoms with Crippen LogP contribution in [0.2, 0.25) is 0 Å². The molecule has 3 N–H and O–H groups in total. The molecule has 2 aromatic rings.